The normalized spacial score (nSPS) is 13.9. The monoisotopic (exact) mass is 267 g/mol. The van der Waals surface area contributed by atoms with E-state index in [1.54, 1.807) is 4.90 Å². The topological polar surface area (TPSA) is 29.5 Å². The van der Waals surface area contributed by atoms with Crippen LogP contribution in [0, 0.1) is 13.8 Å². The van der Waals surface area contributed by atoms with Crippen LogP contribution >= 0.6 is 0 Å². The van der Waals surface area contributed by atoms with Gasteiger partial charge in [0.25, 0.3) is 5.91 Å². The highest BCUT2D eigenvalue weighted by Crippen LogP contribution is 2.33. The zero-order chi connectivity index (χ0) is 14.1. The van der Waals surface area contributed by atoms with Crippen molar-refractivity contribution in [2.24, 2.45) is 0 Å². The Morgan fingerprint density at radius 1 is 1.10 bits per heavy atom. The highest BCUT2D eigenvalue weighted by molar-refractivity contribution is 5.97. The number of benzene rings is 2. The van der Waals surface area contributed by atoms with E-state index in [1.165, 1.54) is 5.56 Å². The van der Waals surface area contributed by atoms with Gasteiger partial charge in [0.1, 0.15) is 5.75 Å². The fraction of sp³-hybridized carbons (Fsp3) is 0.235. The molecule has 3 nitrogen and oxygen atoms in total. The average Bonchev–Trinajstić information content (AvgIpc) is 2.42. The maximum absolute atomic E-state index is 12.1. The maximum atomic E-state index is 12.1. The van der Waals surface area contributed by atoms with Crippen molar-refractivity contribution in [1.82, 2.24) is 0 Å². The molecule has 3 rings (SSSR count). The molecule has 1 aliphatic rings. The Hall–Kier alpha value is -2.29. The first-order valence-electron chi connectivity index (χ1n) is 6.73. The summed E-state index contributed by atoms with van der Waals surface area (Å²) in [5.41, 5.74) is 4.32. The third-order valence-corrected chi connectivity index (χ3v) is 3.48. The number of carbonyl (C=O) groups excluding carboxylic acids is 1. The van der Waals surface area contributed by atoms with Crippen molar-refractivity contribution in [3.8, 4) is 5.75 Å². The Kier molecular flexibility index (Phi) is 3.18. The van der Waals surface area contributed by atoms with Gasteiger partial charge in [-0.15, -0.1) is 0 Å². The number of ether oxygens (including phenoxy) is 1. The Bertz CT molecular complexity index is 664. The fourth-order valence-corrected chi connectivity index (χ4v) is 2.48. The molecule has 0 bridgehead atoms. The van der Waals surface area contributed by atoms with Crippen LogP contribution < -0.4 is 9.64 Å². The molecule has 0 aromatic heterocycles. The lowest BCUT2D eigenvalue weighted by atomic mass is 10.1. The molecule has 0 aliphatic carbocycles. The first-order chi connectivity index (χ1) is 9.63. The van der Waals surface area contributed by atoms with Gasteiger partial charge >= 0.3 is 0 Å². The van der Waals surface area contributed by atoms with Crippen molar-refractivity contribution >= 4 is 11.6 Å². The number of rotatable bonds is 2. The molecule has 0 atom stereocenters. The first kappa shape index (κ1) is 12.7. The van der Waals surface area contributed by atoms with Crippen LogP contribution in [0.3, 0.4) is 0 Å². The van der Waals surface area contributed by atoms with Crippen LogP contribution in [-0.4, -0.2) is 12.5 Å². The Labute approximate surface area is 118 Å². The summed E-state index contributed by atoms with van der Waals surface area (Å²) in [4.78, 5) is 13.9. The molecule has 102 valence electrons. The standard InChI is InChI=1S/C17H17NO2/c1-12-4-3-5-14(8-12)10-18-15-7-6-13(2)9-16(15)20-11-17(18)19/h3-9H,10-11H2,1-2H3. The highest BCUT2D eigenvalue weighted by Gasteiger charge is 2.25. The largest absolute Gasteiger partial charge is 0.482 e. The van der Waals surface area contributed by atoms with E-state index in [-0.39, 0.29) is 12.5 Å². The molecule has 0 unspecified atom stereocenters. The zero-order valence-corrected chi connectivity index (χ0v) is 11.7. The van der Waals surface area contributed by atoms with E-state index in [4.69, 9.17) is 4.74 Å². The van der Waals surface area contributed by atoms with Gasteiger partial charge in [0.05, 0.1) is 12.2 Å². The van der Waals surface area contributed by atoms with E-state index in [0.717, 1.165) is 22.6 Å². The molecule has 1 aliphatic heterocycles. The first-order valence-corrected chi connectivity index (χ1v) is 6.73. The second-order valence-electron chi connectivity index (χ2n) is 5.23. The minimum Gasteiger partial charge on any atom is -0.482 e. The summed E-state index contributed by atoms with van der Waals surface area (Å²) in [7, 11) is 0. The number of aryl methyl sites for hydroxylation is 2. The molecule has 0 saturated carbocycles. The summed E-state index contributed by atoms with van der Waals surface area (Å²) in [5, 5.41) is 0. The molecule has 0 radical (unpaired) electrons. The van der Waals surface area contributed by atoms with Crippen LogP contribution in [0.2, 0.25) is 0 Å². The van der Waals surface area contributed by atoms with E-state index in [1.807, 2.05) is 37.3 Å². The summed E-state index contributed by atoms with van der Waals surface area (Å²) in [6.45, 7) is 4.77. The third-order valence-electron chi connectivity index (χ3n) is 3.48. The van der Waals surface area contributed by atoms with Crippen LogP contribution in [0.4, 0.5) is 5.69 Å². The predicted octanol–water partition coefficient (Wildman–Crippen LogP) is 3.23. The van der Waals surface area contributed by atoms with Crippen LogP contribution in [0.15, 0.2) is 42.5 Å². The number of fused-ring (bicyclic) bond motifs is 1. The summed E-state index contributed by atoms with van der Waals surface area (Å²) in [6.07, 6.45) is 0. The lowest BCUT2D eigenvalue weighted by Crippen LogP contribution is -2.38. The van der Waals surface area contributed by atoms with E-state index >= 15 is 0 Å². The minimum absolute atomic E-state index is 0.00265. The molecule has 1 amide bonds. The van der Waals surface area contributed by atoms with Crippen molar-refractivity contribution in [3.05, 3.63) is 59.2 Å². The predicted molar refractivity (Wildman–Crippen MR) is 79.0 cm³/mol. The number of hydrogen-bond donors (Lipinski definition) is 0. The summed E-state index contributed by atoms with van der Waals surface area (Å²) >= 11 is 0. The molecular weight excluding hydrogens is 250 g/mol. The smallest absolute Gasteiger partial charge is 0.265 e. The van der Waals surface area contributed by atoms with Gasteiger partial charge in [0, 0.05) is 0 Å². The summed E-state index contributed by atoms with van der Waals surface area (Å²) < 4.78 is 5.52. The molecule has 0 fully saturated rings. The van der Waals surface area contributed by atoms with Crippen LogP contribution in [-0.2, 0) is 11.3 Å². The number of anilines is 1. The van der Waals surface area contributed by atoms with Gasteiger partial charge in [-0.25, -0.2) is 0 Å². The SMILES string of the molecule is Cc1cccc(CN2C(=O)COc3cc(C)ccc32)c1. The van der Waals surface area contributed by atoms with Crippen LogP contribution in [0.25, 0.3) is 0 Å². The van der Waals surface area contributed by atoms with Crippen molar-refractivity contribution in [1.29, 1.82) is 0 Å². The molecule has 0 saturated heterocycles. The maximum Gasteiger partial charge on any atom is 0.265 e. The fourth-order valence-electron chi connectivity index (χ4n) is 2.48. The van der Waals surface area contributed by atoms with Gasteiger partial charge in [-0.05, 0) is 37.1 Å². The zero-order valence-electron chi connectivity index (χ0n) is 11.7. The van der Waals surface area contributed by atoms with Gasteiger partial charge < -0.3 is 9.64 Å². The summed E-state index contributed by atoms with van der Waals surface area (Å²) in [5.74, 6) is 0.792. The van der Waals surface area contributed by atoms with E-state index in [0.29, 0.717) is 6.54 Å². The molecule has 2 aromatic carbocycles. The van der Waals surface area contributed by atoms with Crippen molar-refractivity contribution in [3.63, 3.8) is 0 Å². The Morgan fingerprint density at radius 3 is 2.70 bits per heavy atom. The van der Waals surface area contributed by atoms with Gasteiger partial charge in [0.15, 0.2) is 6.61 Å². The van der Waals surface area contributed by atoms with E-state index < -0.39 is 0 Å². The lowest BCUT2D eigenvalue weighted by Gasteiger charge is -2.29. The Balaban J connectivity index is 1.95. The van der Waals surface area contributed by atoms with E-state index in [2.05, 4.69) is 19.1 Å². The van der Waals surface area contributed by atoms with E-state index in [9.17, 15) is 4.79 Å². The van der Waals surface area contributed by atoms with Crippen molar-refractivity contribution in [2.45, 2.75) is 20.4 Å². The molecule has 1 heterocycles. The second kappa shape index (κ2) is 5.00. The number of nitrogens with zero attached hydrogens (tertiary/aromatic N) is 1. The number of carbonyl (C=O) groups is 1. The molecule has 0 spiro atoms. The van der Waals surface area contributed by atoms with Crippen LogP contribution in [0.5, 0.6) is 5.75 Å². The average molecular weight is 267 g/mol. The van der Waals surface area contributed by atoms with Crippen molar-refractivity contribution in [2.75, 3.05) is 11.5 Å². The quantitative estimate of drug-likeness (QED) is 0.836. The summed E-state index contributed by atoms with van der Waals surface area (Å²) in [6, 6.07) is 14.2. The van der Waals surface area contributed by atoms with Crippen LogP contribution in [0.1, 0.15) is 16.7 Å². The highest BCUT2D eigenvalue weighted by atomic mass is 16.5. The van der Waals surface area contributed by atoms with Gasteiger partial charge in [-0.2, -0.15) is 0 Å². The third kappa shape index (κ3) is 2.39. The van der Waals surface area contributed by atoms with Gasteiger partial charge in [-0.3, -0.25) is 4.79 Å². The molecular formula is C17H17NO2. The number of amides is 1. The molecule has 3 heteroatoms. The molecule has 20 heavy (non-hydrogen) atoms. The second-order valence-corrected chi connectivity index (χ2v) is 5.23. The van der Waals surface area contributed by atoms with Gasteiger partial charge in [0.2, 0.25) is 0 Å². The Morgan fingerprint density at radius 2 is 1.90 bits per heavy atom. The molecule has 2 aromatic rings. The van der Waals surface area contributed by atoms with Crippen molar-refractivity contribution < 1.29 is 9.53 Å². The minimum atomic E-state index is 0.00265. The van der Waals surface area contributed by atoms with Gasteiger partial charge in [-0.1, -0.05) is 35.9 Å². The molecule has 0 N–H and O–H groups in total. The lowest BCUT2D eigenvalue weighted by molar-refractivity contribution is -0.121. The number of hydrogen-bond acceptors (Lipinski definition) is 2.